The Morgan fingerprint density at radius 2 is 2.35 bits per heavy atom. The van der Waals surface area contributed by atoms with Crippen molar-refractivity contribution in [2.75, 3.05) is 6.61 Å². The van der Waals surface area contributed by atoms with Crippen LogP contribution in [0.25, 0.3) is 17.0 Å². The average molecular weight is 250 g/mol. The van der Waals surface area contributed by atoms with Gasteiger partial charge in [-0.2, -0.15) is 0 Å². The molecule has 0 amide bonds. The fourth-order valence-electron chi connectivity index (χ4n) is 1.76. The van der Waals surface area contributed by atoms with E-state index in [4.69, 9.17) is 16.3 Å². The van der Waals surface area contributed by atoms with Gasteiger partial charge in [0.1, 0.15) is 5.69 Å². The normalized spacial score (nSPS) is 10.5. The number of carbonyl (C=O) groups is 1. The topological polar surface area (TPSA) is 42.1 Å². The third-order valence-corrected chi connectivity index (χ3v) is 2.72. The first-order chi connectivity index (χ1) is 8.17. The lowest BCUT2D eigenvalue weighted by Gasteiger charge is -2.00. The first-order valence-corrected chi connectivity index (χ1v) is 5.66. The number of aromatic amines is 1. The molecular formula is C13H12ClNO2. The molecule has 4 heteroatoms. The molecule has 3 nitrogen and oxygen atoms in total. The summed E-state index contributed by atoms with van der Waals surface area (Å²) >= 11 is 5.93. The van der Waals surface area contributed by atoms with E-state index in [2.05, 4.69) is 11.6 Å². The number of esters is 1. The van der Waals surface area contributed by atoms with Gasteiger partial charge in [0, 0.05) is 21.5 Å². The lowest BCUT2D eigenvalue weighted by atomic mass is 10.1. The number of aromatic nitrogens is 1. The molecule has 2 rings (SSSR count). The maximum Gasteiger partial charge on any atom is 0.355 e. The molecule has 0 aliphatic rings. The summed E-state index contributed by atoms with van der Waals surface area (Å²) in [6, 6.07) is 5.39. The third-order valence-electron chi connectivity index (χ3n) is 2.48. The van der Waals surface area contributed by atoms with E-state index in [0.29, 0.717) is 17.3 Å². The van der Waals surface area contributed by atoms with Crippen LogP contribution in [0.3, 0.4) is 0 Å². The maximum absolute atomic E-state index is 11.7. The minimum Gasteiger partial charge on any atom is -0.461 e. The van der Waals surface area contributed by atoms with Crippen molar-refractivity contribution in [2.45, 2.75) is 6.92 Å². The second kappa shape index (κ2) is 4.63. The minimum atomic E-state index is -0.380. The van der Waals surface area contributed by atoms with Gasteiger partial charge in [-0.1, -0.05) is 24.3 Å². The van der Waals surface area contributed by atoms with Crippen LogP contribution in [-0.2, 0) is 4.74 Å². The van der Waals surface area contributed by atoms with Gasteiger partial charge in [-0.15, -0.1) is 0 Å². The molecule has 0 saturated heterocycles. The Bertz CT molecular complexity index is 586. The monoisotopic (exact) mass is 249 g/mol. The van der Waals surface area contributed by atoms with Crippen molar-refractivity contribution >= 4 is 34.5 Å². The standard InChI is InChI=1S/C13H12ClNO2/c1-3-9-10-7-8(14)5-6-11(10)15-12(9)13(16)17-4-2/h3,5-7,15H,1,4H2,2H3. The molecule has 0 bridgehead atoms. The Kier molecular flexibility index (Phi) is 3.20. The fourth-order valence-corrected chi connectivity index (χ4v) is 1.93. The number of fused-ring (bicyclic) bond motifs is 1. The molecule has 0 spiro atoms. The number of H-pyrrole nitrogens is 1. The molecule has 0 fully saturated rings. The Morgan fingerprint density at radius 1 is 1.59 bits per heavy atom. The molecular weight excluding hydrogens is 238 g/mol. The van der Waals surface area contributed by atoms with Crippen LogP contribution >= 0.6 is 11.6 Å². The first-order valence-electron chi connectivity index (χ1n) is 5.28. The Balaban J connectivity index is 2.64. The van der Waals surface area contributed by atoms with Crippen molar-refractivity contribution in [1.29, 1.82) is 0 Å². The second-order valence-corrected chi connectivity index (χ2v) is 3.96. The number of hydrogen-bond donors (Lipinski definition) is 1. The predicted molar refractivity (Wildman–Crippen MR) is 69.4 cm³/mol. The first kappa shape index (κ1) is 11.7. The van der Waals surface area contributed by atoms with Crippen molar-refractivity contribution in [3.05, 3.63) is 41.1 Å². The molecule has 2 aromatic rings. The van der Waals surface area contributed by atoms with Crippen LogP contribution in [0, 0.1) is 0 Å². The average Bonchev–Trinajstić information content (AvgIpc) is 2.67. The summed E-state index contributed by atoms with van der Waals surface area (Å²) in [4.78, 5) is 14.8. The van der Waals surface area contributed by atoms with Gasteiger partial charge in [0.25, 0.3) is 0 Å². The van der Waals surface area contributed by atoms with Gasteiger partial charge >= 0.3 is 5.97 Å². The molecule has 0 atom stereocenters. The van der Waals surface area contributed by atoms with Gasteiger partial charge in [0.05, 0.1) is 6.61 Å². The zero-order valence-corrected chi connectivity index (χ0v) is 10.2. The van der Waals surface area contributed by atoms with Crippen LogP contribution in [0.1, 0.15) is 23.0 Å². The molecule has 1 N–H and O–H groups in total. The summed E-state index contributed by atoms with van der Waals surface area (Å²) in [6.45, 7) is 5.82. The van der Waals surface area contributed by atoms with Crippen LogP contribution in [0.4, 0.5) is 0 Å². The van der Waals surface area contributed by atoms with E-state index in [1.165, 1.54) is 0 Å². The van der Waals surface area contributed by atoms with Crippen molar-refractivity contribution in [3.8, 4) is 0 Å². The summed E-state index contributed by atoms with van der Waals surface area (Å²) in [7, 11) is 0. The molecule has 0 saturated carbocycles. The summed E-state index contributed by atoms with van der Waals surface area (Å²) in [5, 5.41) is 1.49. The van der Waals surface area contributed by atoms with E-state index >= 15 is 0 Å². The summed E-state index contributed by atoms with van der Waals surface area (Å²) in [5.74, 6) is -0.380. The van der Waals surface area contributed by atoms with Crippen LogP contribution in [0.15, 0.2) is 24.8 Å². The van der Waals surface area contributed by atoms with Gasteiger partial charge in [-0.3, -0.25) is 0 Å². The predicted octanol–water partition coefficient (Wildman–Crippen LogP) is 3.64. The molecule has 17 heavy (non-hydrogen) atoms. The van der Waals surface area contributed by atoms with Crippen LogP contribution in [0.5, 0.6) is 0 Å². The zero-order valence-electron chi connectivity index (χ0n) is 9.42. The number of halogens is 1. The van der Waals surface area contributed by atoms with Crippen LogP contribution in [-0.4, -0.2) is 17.6 Å². The summed E-state index contributed by atoms with van der Waals surface area (Å²) < 4.78 is 4.98. The Labute approximate surface area is 104 Å². The van der Waals surface area contributed by atoms with Crippen LogP contribution < -0.4 is 0 Å². The minimum absolute atomic E-state index is 0.339. The number of nitrogens with one attached hydrogen (secondary N) is 1. The SMILES string of the molecule is C=Cc1c(C(=O)OCC)[nH]c2ccc(Cl)cc12. The van der Waals surface area contributed by atoms with Crippen molar-refractivity contribution in [2.24, 2.45) is 0 Å². The maximum atomic E-state index is 11.7. The molecule has 1 aromatic heterocycles. The van der Waals surface area contributed by atoms with Crippen LogP contribution in [0.2, 0.25) is 5.02 Å². The molecule has 0 radical (unpaired) electrons. The van der Waals surface area contributed by atoms with Crippen molar-refractivity contribution < 1.29 is 9.53 Å². The molecule has 88 valence electrons. The van der Waals surface area contributed by atoms with Gasteiger partial charge in [-0.05, 0) is 25.1 Å². The third kappa shape index (κ3) is 2.06. The van der Waals surface area contributed by atoms with Crippen molar-refractivity contribution in [3.63, 3.8) is 0 Å². The van der Waals surface area contributed by atoms with Crippen molar-refractivity contribution in [1.82, 2.24) is 4.98 Å². The second-order valence-electron chi connectivity index (χ2n) is 3.53. The zero-order chi connectivity index (χ0) is 12.4. The molecule has 0 unspecified atom stereocenters. The number of ether oxygens (including phenoxy) is 1. The number of carbonyl (C=O) groups excluding carboxylic acids is 1. The quantitative estimate of drug-likeness (QED) is 0.844. The van der Waals surface area contributed by atoms with Gasteiger partial charge in [0.2, 0.25) is 0 Å². The number of rotatable bonds is 3. The largest absolute Gasteiger partial charge is 0.461 e. The highest BCUT2D eigenvalue weighted by molar-refractivity contribution is 6.31. The van der Waals surface area contributed by atoms with E-state index in [1.54, 1.807) is 25.1 Å². The lowest BCUT2D eigenvalue weighted by Crippen LogP contribution is -2.06. The highest BCUT2D eigenvalue weighted by Gasteiger charge is 2.16. The Hall–Kier alpha value is -1.74. The van der Waals surface area contributed by atoms with Gasteiger partial charge < -0.3 is 9.72 Å². The van der Waals surface area contributed by atoms with Gasteiger partial charge in [0.15, 0.2) is 0 Å². The Morgan fingerprint density at radius 3 is 3.00 bits per heavy atom. The number of hydrogen-bond acceptors (Lipinski definition) is 2. The summed E-state index contributed by atoms with van der Waals surface area (Å²) in [6.07, 6.45) is 1.63. The van der Waals surface area contributed by atoms with E-state index in [1.807, 2.05) is 6.07 Å². The summed E-state index contributed by atoms with van der Waals surface area (Å²) in [5.41, 5.74) is 1.98. The lowest BCUT2D eigenvalue weighted by molar-refractivity contribution is 0.0520. The smallest absolute Gasteiger partial charge is 0.355 e. The van der Waals surface area contributed by atoms with E-state index in [-0.39, 0.29) is 5.97 Å². The highest BCUT2D eigenvalue weighted by Crippen LogP contribution is 2.26. The highest BCUT2D eigenvalue weighted by atomic mass is 35.5. The molecule has 0 aliphatic carbocycles. The number of benzene rings is 1. The molecule has 1 heterocycles. The molecule has 1 aromatic carbocycles. The van der Waals surface area contributed by atoms with Gasteiger partial charge in [-0.25, -0.2) is 4.79 Å². The van der Waals surface area contributed by atoms with E-state index < -0.39 is 0 Å². The van der Waals surface area contributed by atoms with E-state index in [0.717, 1.165) is 16.5 Å². The fraction of sp³-hybridized carbons (Fsp3) is 0.154. The van der Waals surface area contributed by atoms with E-state index in [9.17, 15) is 4.79 Å². The molecule has 0 aliphatic heterocycles.